The van der Waals surface area contributed by atoms with Crippen LogP contribution in [-0.2, 0) is 11.4 Å². The number of benzene rings is 3. The molecule has 158 valence electrons. The summed E-state index contributed by atoms with van der Waals surface area (Å²) in [4.78, 5) is 23.4. The van der Waals surface area contributed by atoms with Crippen molar-refractivity contribution >= 4 is 39.6 Å². The van der Waals surface area contributed by atoms with E-state index in [-0.39, 0.29) is 11.7 Å². The van der Waals surface area contributed by atoms with Gasteiger partial charge in [-0.2, -0.15) is 5.10 Å². The predicted octanol–water partition coefficient (Wildman–Crippen LogP) is 4.89. The summed E-state index contributed by atoms with van der Waals surface area (Å²) in [5.74, 6) is -0.283. The normalized spacial score (nSPS) is 10.7. The van der Waals surface area contributed by atoms with Gasteiger partial charge in [0.15, 0.2) is 0 Å². The highest BCUT2D eigenvalue weighted by atomic mass is 79.9. The maximum Gasteiger partial charge on any atom is 0.271 e. The fourth-order valence-corrected chi connectivity index (χ4v) is 3.14. The van der Waals surface area contributed by atoms with Crippen molar-refractivity contribution in [3.05, 3.63) is 93.7 Å². The van der Waals surface area contributed by atoms with E-state index in [0.717, 1.165) is 11.1 Å². The van der Waals surface area contributed by atoms with Crippen LogP contribution in [0.3, 0.4) is 0 Å². The molecular formula is C23H19BrFN3O3. The third-order valence-corrected chi connectivity index (χ3v) is 4.71. The molecule has 0 aliphatic heterocycles. The zero-order valence-corrected chi connectivity index (χ0v) is 18.1. The van der Waals surface area contributed by atoms with Gasteiger partial charge < -0.3 is 10.1 Å². The van der Waals surface area contributed by atoms with E-state index < -0.39 is 5.91 Å². The van der Waals surface area contributed by atoms with Crippen LogP contribution in [0.2, 0.25) is 0 Å². The third-order valence-electron chi connectivity index (χ3n) is 4.09. The number of anilines is 1. The Morgan fingerprint density at radius 1 is 1.10 bits per heavy atom. The molecule has 31 heavy (non-hydrogen) atoms. The van der Waals surface area contributed by atoms with E-state index >= 15 is 0 Å². The van der Waals surface area contributed by atoms with Gasteiger partial charge in [-0.15, -0.1) is 0 Å². The summed E-state index contributed by atoms with van der Waals surface area (Å²) in [7, 11) is 0. The molecule has 0 atom stereocenters. The molecule has 8 heteroatoms. The molecule has 0 radical (unpaired) electrons. The fraction of sp³-hybridized carbons (Fsp3) is 0.0870. The first-order valence-electron chi connectivity index (χ1n) is 9.28. The molecule has 0 saturated heterocycles. The highest BCUT2D eigenvalue weighted by Gasteiger charge is 2.06. The first kappa shape index (κ1) is 22.2. The second kappa shape index (κ2) is 10.5. The highest BCUT2D eigenvalue weighted by Crippen LogP contribution is 2.26. The first-order valence-corrected chi connectivity index (χ1v) is 10.1. The molecule has 0 saturated carbocycles. The minimum absolute atomic E-state index is 0.216. The monoisotopic (exact) mass is 483 g/mol. The van der Waals surface area contributed by atoms with Crippen LogP contribution in [0.15, 0.2) is 76.3 Å². The number of rotatable bonds is 7. The number of halogens is 2. The molecule has 0 aliphatic rings. The van der Waals surface area contributed by atoms with Crippen LogP contribution in [0.1, 0.15) is 28.4 Å². The van der Waals surface area contributed by atoms with Crippen molar-refractivity contribution in [2.75, 3.05) is 5.32 Å². The minimum atomic E-state index is -0.401. The summed E-state index contributed by atoms with van der Waals surface area (Å²) >= 11 is 3.45. The molecule has 6 nitrogen and oxygen atoms in total. The van der Waals surface area contributed by atoms with Gasteiger partial charge in [0.2, 0.25) is 5.91 Å². The van der Waals surface area contributed by atoms with Gasteiger partial charge in [0.05, 0.1) is 10.7 Å². The molecule has 0 unspecified atom stereocenters. The molecule has 0 spiro atoms. The smallest absolute Gasteiger partial charge is 0.271 e. The Kier molecular flexibility index (Phi) is 7.50. The van der Waals surface area contributed by atoms with Crippen molar-refractivity contribution in [2.24, 2.45) is 5.10 Å². The largest absolute Gasteiger partial charge is 0.488 e. The quantitative estimate of drug-likeness (QED) is 0.370. The Bertz CT molecular complexity index is 1120. The molecule has 3 aromatic rings. The Morgan fingerprint density at radius 3 is 2.58 bits per heavy atom. The molecule has 0 bridgehead atoms. The zero-order valence-electron chi connectivity index (χ0n) is 16.6. The van der Waals surface area contributed by atoms with Gasteiger partial charge in [-0.25, -0.2) is 9.82 Å². The summed E-state index contributed by atoms with van der Waals surface area (Å²) in [6.45, 7) is 1.70. The van der Waals surface area contributed by atoms with Crippen LogP contribution in [0.25, 0.3) is 0 Å². The van der Waals surface area contributed by atoms with Gasteiger partial charge in [0, 0.05) is 18.2 Å². The van der Waals surface area contributed by atoms with Gasteiger partial charge in [0.1, 0.15) is 18.2 Å². The van der Waals surface area contributed by atoms with E-state index in [4.69, 9.17) is 4.74 Å². The molecule has 0 aliphatic carbocycles. The number of nitrogens with one attached hydrogen (secondary N) is 2. The number of amides is 2. The maximum absolute atomic E-state index is 13.0. The second-order valence-corrected chi connectivity index (χ2v) is 7.42. The van der Waals surface area contributed by atoms with Crippen molar-refractivity contribution in [3.8, 4) is 5.75 Å². The lowest BCUT2D eigenvalue weighted by Crippen LogP contribution is -2.18. The van der Waals surface area contributed by atoms with E-state index in [0.29, 0.717) is 28.1 Å². The molecule has 3 rings (SSSR count). The van der Waals surface area contributed by atoms with Crippen molar-refractivity contribution in [2.45, 2.75) is 13.5 Å². The molecular weight excluding hydrogens is 465 g/mol. The Morgan fingerprint density at radius 2 is 1.87 bits per heavy atom. The van der Waals surface area contributed by atoms with E-state index in [9.17, 15) is 14.0 Å². The Hall–Kier alpha value is -3.52. The van der Waals surface area contributed by atoms with Gasteiger partial charge in [0.25, 0.3) is 5.91 Å². The third kappa shape index (κ3) is 6.75. The summed E-state index contributed by atoms with van der Waals surface area (Å²) in [5, 5.41) is 6.60. The highest BCUT2D eigenvalue weighted by molar-refractivity contribution is 9.10. The van der Waals surface area contributed by atoms with Crippen LogP contribution >= 0.6 is 15.9 Å². The van der Waals surface area contributed by atoms with Crippen molar-refractivity contribution in [3.63, 3.8) is 0 Å². The lowest BCUT2D eigenvalue weighted by Gasteiger charge is -2.09. The van der Waals surface area contributed by atoms with Gasteiger partial charge in [-0.1, -0.05) is 18.2 Å². The van der Waals surface area contributed by atoms with Crippen LogP contribution in [0, 0.1) is 5.82 Å². The molecule has 2 N–H and O–H groups in total. The number of hydrogen-bond acceptors (Lipinski definition) is 4. The van der Waals surface area contributed by atoms with E-state index in [1.54, 1.807) is 54.6 Å². The number of hydrogen-bond donors (Lipinski definition) is 2. The molecule has 0 heterocycles. The average Bonchev–Trinajstić information content (AvgIpc) is 2.74. The fourth-order valence-electron chi connectivity index (χ4n) is 2.63. The SMILES string of the molecule is CC(=O)Nc1cccc(C(=O)NN=Cc2ccc(OCc3ccc(F)cc3)c(Br)c2)c1. The van der Waals surface area contributed by atoms with Gasteiger partial charge in [-0.05, 0) is 75.6 Å². The van der Waals surface area contributed by atoms with Crippen molar-refractivity contribution in [1.82, 2.24) is 5.43 Å². The Labute approximate surface area is 187 Å². The summed E-state index contributed by atoms with van der Waals surface area (Å²) < 4.78 is 19.4. The topological polar surface area (TPSA) is 79.8 Å². The number of carbonyl (C=O) groups is 2. The number of carbonyl (C=O) groups excluding carboxylic acids is 2. The van der Waals surface area contributed by atoms with E-state index in [1.165, 1.54) is 25.3 Å². The number of nitrogens with zero attached hydrogens (tertiary/aromatic N) is 1. The van der Waals surface area contributed by atoms with Crippen molar-refractivity contribution < 1.29 is 18.7 Å². The van der Waals surface area contributed by atoms with Crippen LogP contribution in [-0.4, -0.2) is 18.0 Å². The number of ether oxygens (including phenoxy) is 1. The lowest BCUT2D eigenvalue weighted by molar-refractivity contribution is -0.114. The van der Waals surface area contributed by atoms with E-state index in [2.05, 4.69) is 31.8 Å². The molecule has 2 amide bonds. The van der Waals surface area contributed by atoms with E-state index in [1.807, 2.05) is 0 Å². The van der Waals surface area contributed by atoms with Gasteiger partial charge >= 0.3 is 0 Å². The van der Waals surface area contributed by atoms with Crippen LogP contribution in [0.4, 0.5) is 10.1 Å². The molecule has 3 aromatic carbocycles. The van der Waals surface area contributed by atoms with Crippen LogP contribution < -0.4 is 15.5 Å². The summed E-state index contributed by atoms with van der Waals surface area (Å²) in [6, 6.07) is 18.0. The second-order valence-electron chi connectivity index (χ2n) is 6.57. The standard InChI is InChI=1S/C23H19BrFN3O3/c1-15(29)27-20-4-2-3-18(12-20)23(30)28-26-13-17-7-10-22(21(24)11-17)31-14-16-5-8-19(25)9-6-16/h2-13H,14H2,1H3,(H,27,29)(H,28,30). The minimum Gasteiger partial charge on any atom is -0.488 e. The maximum atomic E-state index is 13.0. The first-order chi connectivity index (χ1) is 14.9. The summed E-state index contributed by atoms with van der Waals surface area (Å²) in [6.07, 6.45) is 1.50. The lowest BCUT2D eigenvalue weighted by atomic mass is 10.2. The molecule has 0 fully saturated rings. The number of hydrazone groups is 1. The summed E-state index contributed by atoms with van der Waals surface area (Å²) in [5.41, 5.74) is 4.95. The zero-order chi connectivity index (χ0) is 22.2. The van der Waals surface area contributed by atoms with Crippen molar-refractivity contribution in [1.29, 1.82) is 0 Å². The predicted molar refractivity (Wildman–Crippen MR) is 121 cm³/mol. The average molecular weight is 484 g/mol. The van der Waals surface area contributed by atoms with Gasteiger partial charge in [-0.3, -0.25) is 9.59 Å². The van der Waals surface area contributed by atoms with Crippen LogP contribution in [0.5, 0.6) is 5.75 Å². The Balaban J connectivity index is 1.57. The molecule has 0 aromatic heterocycles.